The van der Waals surface area contributed by atoms with Crippen LogP contribution in [0.15, 0.2) is 18.2 Å². The molecular weight excluding hydrogens is 394 g/mol. The van der Waals surface area contributed by atoms with E-state index in [1.807, 2.05) is 20.8 Å². The molecule has 0 fully saturated rings. The van der Waals surface area contributed by atoms with Crippen molar-refractivity contribution < 1.29 is 23.8 Å². The number of amides is 1. The topological polar surface area (TPSA) is 73.9 Å². The third-order valence-corrected chi connectivity index (χ3v) is 4.95. The van der Waals surface area contributed by atoms with Gasteiger partial charge in [-0.3, -0.25) is 4.79 Å². The molecule has 0 aliphatic carbocycles. The number of nitrogens with one attached hydrogen (secondary N) is 1. The molecule has 1 aromatic carbocycles. The van der Waals surface area contributed by atoms with Crippen LogP contribution in [0.4, 0.5) is 5.69 Å². The number of carbonyl (C=O) groups is 2. The summed E-state index contributed by atoms with van der Waals surface area (Å²) in [5.41, 5.74) is -0.108. The zero-order valence-corrected chi connectivity index (χ0v) is 20.5. The van der Waals surface area contributed by atoms with Crippen LogP contribution in [0.5, 0.6) is 5.75 Å². The van der Waals surface area contributed by atoms with E-state index in [0.29, 0.717) is 36.4 Å². The Balaban J connectivity index is 3.28. The van der Waals surface area contributed by atoms with Crippen LogP contribution in [0.3, 0.4) is 0 Å². The summed E-state index contributed by atoms with van der Waals surface area (Å²) in [6, 6.07) is 5.08. The number of hydrogen-bond acceptors (Lipinski definition) is 5. The molecule has 1 atom stereocenters. The molecule has 0 aliphatic rings. The van der Waals surface area contributed by atoms with E-state index in [9.17, 15) is 9.59 Å². The Hall–Kier alpha value is -2.08. The van der Waals surface area contributed by atoms with Crippen molar-refractivity contribution in [1.82, 2.24) is 0 Å². The summed E-state index contributed by atoms with van der Waals surface area (Å²) in [6.07, 6.45) is 1.99. The highest BCUT2D eigenvalue weighted by Crippen LogP contribution is 2.32. The molecule has 1 amide bonds. The maximum absolute atomic E-state index is 13.4. The van der Waals surface area contributed by atoms with Gasteiger partial charge in [0.15, 0.2) is 0 Å². The van der Waals surface area contributed by atoms with Gasteiger partial charge in [-0.1, -0.05) is 34.6 Å². The smallest absolute Gasteiger partial charge is 0.341 e. The first-order valence-electron chi connectivity index (χ1n) is 11.5. The highest BCUT2D eigenvalue weighted by Gasteiger charge is 2.40. The Morgan fingerprint density at radius 1 is 0.968 bits per heavy atom. The summed E-state index contributed by atoms with van der Waals surface area (Å²) in [5, 5.41) is 2.98. The Labute approximate surface area is 188 Å². The van der Waals surface area contributed by atoms with Crippen molar-refractivity contribution >= 4 is 17.6 Å². The number of anilines is 1. The van der Waals surface area contributed by atoms with E-state index in [1.165, 1.54) is 0 Å². The average molecular weight is 436 g/mol. The molecule has 176 valence electrons. The number of hydrogen-bond donors (Lipinski definition) is 1. The predicted octanol–water partition coefficient (Wildman–Crippen LogP) is 5.85. The third-order valence-electron chi connectivity index (χ3n) is 4.95. The molecule has 0 saturated heterocycles. The van der Waals surface area contributed by atoms with E-state index in [0.717, 1.165) is 6.42 Å². The second kappa shape index (κ2) is 12.7. The molecule has 31 heavy (non-hydrogen) atoms. The van der Waals surface area contributed by atoms with E-state index < -0.39 is 11.6 Å². The van der Waals surface area contributed by atoms with Crippen LogP contribution in [0.25, 0.3) is 0 Å². The largest absolute Gasteiger partial charge is 0.490 e. The lowest BCUT2D eigenvalue weighted by Gasteiger charge is -2.35. The number of carbonyl (C=O) groups excluding carboxylic acids is 2. The molecule has 1 N–H and O–H groups in total. The Bertz CT molecular complexity index is 704. The fraction of sp³-hybridized carbons (Fsp3) is 0.680. The molecule has 1 rings (SSSR count). The van der Waals surface area contributed by atoms with Gasteiger partial charge in [0.1, 0.15) is 16.9 Å². The molecule has 0 aliphatic heterocycles. The van der Waals surface area contributed by atoms with Crippen molar-refractivity contribution in [3.63, 3.8) is 0 Å². The van der Waals surface area contributed by atoms with Crippen LogP contribution < -0.4 is 10.1 Å². The summed E-state index contributed by atoms with van der Waals surface area (Å²) < 4.78 is 17.2. The van der Waals surface area contributed by atoms with Gasteiger partial charge < -0.3 is 19.5 Å². The van der Waals surface area contributed by atoms with Gasteiger partial charge in [-0.25, -0.2) is 4.79 Å². The quantitative estimate of drug-likeness (QED) is 0.394. The molecule has 0 spiro atoms. The molecule has 0 bridgehead atoms. The van der Waals surface area contributed by atoms with Crippen molar-refractivity contribution in [3.05, 3.63) is 23.8 Å². The van der Waals surface area contributed by atoms with Crippen LogP contribution in [-0.2, 0) is 14.3 Å². The number of esters is 1. The van der Waals surface area contributed by atoms with E-state index in [1.54, 1.807) is 25.1 Å². The van der Waals surface area contributed by atoms with Crippen molar-refractivity contribution in [2.45, 2.75) is 86.4 Å². The molecule has 0 unspecified atom stereocenters. The molecule has 0 saturated carbocycles. The van der Waals surface area contributed by atoms with E-state index in [4.69, 9.17) is 14.2 Å². The minimum Gasteiger partial charge on any atom is -0.490 e. The monoisotopic (exact) mass is 435 g/mol. The second-order valence-corrected chi connectivity index (χ2v) is 8.85. The van der Waals surface area contributed by atoms with Gasteiger partial charge in [-0.2, -0.15) is 0 Å². The van der Waals surface area contributed by atoms with E-state index >= 15 is 0 Å². The molecule has 0 aromatic heterocycles. The third kappa shape index (κ3) is 8.17. The lowest BCUT2D eigenvalue weighted by molar-refractivity contribution is -0.146. The summed E-state index contributed by atoms with van der Waals surface area (Å²) in [7, 11) is 0. The highest BCUT2D eigenvalue weighted by atomic mass is 16.5. The standard InChI is InChI=1S/C25H41NO5/c1-9-19(8)31-22-13-12-20(14-21(22)23(27)29-10-2)26-24(28)25(30-11-3,15-17(4)5)16-18(6)7/h12-14,17-19H,9-11,15-16H2,1-8H3,(H,26,28)/t19-/m0/s1. The number of benzene rings is 1. The van der Waals surface area contributed by atoms with Crippen molar-refractivity contribution in [2.24, 2.45) is 11.8 Å². The molecule has 0 radical (unpaired) electrons. The summed E-state index contributed by atoms with van der Waals surface area (Å²) >= 11 is 0. The van der Waals surface area contributed by atoms with Gasteiger partial charge in [0, 0.05) is 12.3 Å². The first-order valence-corrected chi connectivity index (χ1v) is 11.5. The van der Waals surface area contributed by atoms with E-state index in [2.05, 4.69) is 33.0 Å². The summed E-state index contributed by atoms with van der Waals surface area (Å²) in [4.78, 5) is 26.0. The van der Waals surface area contributed by atoms with Crippen molar-refractivity contribution in [1.29, 1.82) is 0 Å². The van der Waals surface area contributed by atoms with Gasteiger partial charge in [-0.05, 0) is 70.1 Å². The normalized spacial score (nSPS) is 12.7. The van der Waals surface area contributed by atoms with Gasteiger partial charge >= 0.3 is 5.97 Å². The van der Waals surface area contributed by atoms with Crippen molar-refractivity contribution in [3.8, 4) is 5.75 Å². The molecule has 6 heteroatoms. The molecule has 1 aromatic rings. The molecule has 0 heterocycles. The van der Waals surface area contributed by atoms with E-state index in [-0.39, 0.29) is 30.5 Å². The lowest BCUT2D eigenvalue weighted by atomic mass is 9.83. The Morgan fingerprint density at radius 2 is 1.58 bits per heavy atom. The number of rotatable bonds is 13. The van der Waals surface area contributed by atoms with Crippen LogP contribution in [0, 0.1) is 11.8 Å². The van der Waals surface area contributed by atoms with Gasteiger partial charge in [-0.15, -0.1) is 0 Å². The SMILES string of the molecule is CCOC(=O)c1cc(NC(=O)C(CC(C)C)(CC(C)C)OCC)ccc1O[C@@H](C)CC. The summed E-state index contributed by atoms with van der Waals surface area (Å²) in [5.74, 6) is 0.362. The highest BCUT2D eigenvalue weighted by molar-refractivity contribution is 5.99. The fourth-order valence-corrected chi connectivity index (χ4v) is 3.67. The van der Waals surface area contributed by atoms with Crippen LogP contribution >= 0.6 is 0 Å². The zero-order chi connectivity index (χ0) is 23.6. The van der Waals surface area contributed by atoms with Crippen LogP contribution in [-0.4, -0.2) is 36.8 Å². The Kier molecular flexibility index (Phi) is 11.0. The first kappa shape index (κ1) is 27.0. The Morgan fingerprint density at radius 3 is 2.06 bits per heavy atom. The lowest BCUT2D eigenvalue weighted by Crippen LogP contribution is -2.47. The maximum Gasteiger partial charge on any atom is 0.341 e. The van der Waals surface area contributed by atoms with Gasteiger partial charge in [0.05, 0.1) is 12.7 Å². The molecular formula is C25H41NO5. The van der Waals surface area contributed by atoms with Crippen LogP contribution in [0.1, 0.15) is 85.0 Å². The second-order valence-electron chi connectivity index (χ2n) is 8.85. The average Bonchev–Trinajstić information content (AvgIpc) is 2.68. The summed E-state index contributed by atoms with van der Waals surface area (Å²) in [6.45, 7) is 16.7. The molecule has 6 nitrogen and oxygen atoms in total. The fourth-order valence-electron chi connectivity index (χ4n) is 3.67. The van der Waals surface area contributed by atoms with Crippen molar-refractivity contribution in [2.75, 3.05) is 18.5 Å². The van der Waals surface area contributed by atoms with Gasteiger partial charge in [0.2, 0.25) is 0 Å². The number of ether oxygens (including phenoxy) is 3. The minimum atomic E-state index is -0.924. The maximum atomic E-state index is 13.4. The van der Waals surface area contributed by atoms with Gasteiger partial charge in [0.25, 0.3) is 5.91 Å². The van der Waals surface area contributed by atoms with Crippen LogP contribution in [0.2, 0.25) is 0 Å². The minimum absolute atomic E-state index is 0.0451. The predicted molar refractivity (Wildman–Crippen MR) is 125 cm³/mol. The first-order chi connectivity index (χ1) is 14.6. The zero-order valence-electron chi connectivity index (χ0n) is 20.5.